The maximum atomic E-state index is 12.6. The quantitative estimate of drug-likeness (QED) is 0.471. The zero-order chi connectivity index (χ0) is 13.2. The van der Waals surface area contributed by atoms with Crippen molar-refractivity contribution in [3.8, 4) is 5.75 Å². The van der Waals surface area contributed by atoms with Gasteiger partial charge in [0.15, 0.2) is 0 Å². The summed E-state index contributed by atoms with van der Waals surface area (Å²) in [6, 6.07) is 0. The third-order valence-electron chi connectivity index (χ3n) is 1.67. The Balaban J connectivity index is 3.35. The van der Waals surface area contributed by atoms with Crippen LogP contribution in [0.4, 0.5) is 22.0 Å². The Bertz CT molecular complexity index is 410. The van der Waals surface area contributed by atoms with Gasteiger partial charge in [-0.2, -0.15) is 0 Å². The molecule has 0 spiro atoms. The molecule has 0 atom stereocenters. The topological polar surface area (TPSA) is 22.1 Å². The van der Waals surface area contributed by atoms with Crippen LogP contribution in [-0.4, -0.2) is 11.3 Å². The number of rotatable bonds is 3. The molecule has 0 aromatic carbocycles. The zero-order valence-electron chi connectivity index (χ0n) is 7.86. The van der Waals surface area contributed by atoms with Gasteiger partial charge < -0.3 is 4.74 Å². The van der Waals surface area contributed by atoms with Crippen LogP contribution >= 0.6 is 23.2 Å². The molecule has 1 aromatic heterocycles. The molecular formula is C8H4Cl2F5NO. The van der Waals surface area contributed by atoms with Crippen LogP contribution < -0.4 is 4.74 Å². The first-order valence-corrected chi connectivity index (χ1v) is 4.94. The van der Waals surface area contributed by atoms with Crippen LogP contribution in [0.3, 0.4) is 0 Å². The van der Waals surface area contributed by atoms with Crippen molar-refractivity contribution in [2.75, 3.05) is 0 Å². The summed E-state index contributed by atoms with van der Waals surface area (Å²) in [5, 5.41) is -0.756. The number of aromatic nitrogens is 1. The van der Waals surface area contributed by atoms with Gasteiger partial charge in [0.25, 0.3) is 6.43 Å². The molecule has 0 bridgehead atoms. The third-order valence-corrected chi connectivity index (χ3v) is 2.26. The molecule has 0 fully saturated rings. The van der Waals surface area contributed by atoms with Crippen molar-refractivity contribution in [2.45, 2.75) is 18.7 Å². The molecule has 0 amide bonds. The van der Waals surface area contributed by atoms with Crippen molar-refractivity contribution >= 4 is 23.2 Å². The van der Waals surface area contributed by atoms with E-state index in [0.29, 0.717) is 0 Å². The lowest BCUT2D eigenvalue weighted by atomic mass is 10.2. The lowest BCUT2D eigenvalue weighted by Gasteiger charge is -2.16. The highest BCUT2D eigenvalue weighted by atomic mass is 35.5. The largest absolute Gasteiger partial charge is 0.573 e. The normalized spacial score (nSPS) is 12.0. The molecule has 0 unspecified atom stereocenters. The van der Waals surface area contributed by atoms with E-state index in [1.165, 1.54) is 0 Å². The van der Waals surface area contributed by atoms with Crippen LogP contribution in [0.2, 0.25) is 5.15 Å². The van der Waals surface area contributed by atoms with Gasteiger partial charge in [-0.25, -0.2) is 13.8 Å². The predicted molar refractivity (Wildman–Crippen MR) is 50.4 cm³/mol. The van der Waals surface area contributed by atoms with Gasteiger partial charge >= 0.3 is 6.36 Å². The summed E-state index contributed by atoms with van der Waals surface area (Å²) < 4.78 is 64.8. The fourth-order valence-corrected chi connectivity index (χ4v) is 1.46. The Morgan fingerprint density at radius 2 is 1.94 bits per heavy atom. The summed E-state index contributed by atoms with van der Waals surface area (Å²) in [6.45, 7) is 0. The summed E-state index contributed by atoms with van der Waals surface area (Å²) in [6.07, 6.45) is -7.52. The van der Waals surface area contributed by atoms with Gasteiger partial charge in [0.2, 0.25) is 0 Å². The Morgan fingerprint density at radius 1 is 1.35 bits per heavy atom. The molecule has 0 saturated carbocycles. The van der Waals surface area contributed by atoms with Gasteiger partial charge in [-0.05, 0) is 0 Å². The molecule has 0 saturated heterocycles. The summed E-state index contributed by atoms with van der Waals surface area (Å²) in [5.41, 5.74) is -1.44. The molecule has 96 valence electrons. The van der Waals surface area contributed by atoms with Crippen molar-refractivity contribution in [1.82, 2.24) is 4.98 Å². The number of nitrogens with zero attached hydrogens (tertiary/aromatic N) is 1. The highest BCUT2D eigenvalue weighted by molar-refractivity contribution is 6.30. The van der Waals surface area contributed by atoms with E-state index < -0.39 is 35.1 Å². The van der Waals surface area contributed by atoms with Crippen molar-refractivity contribution in [3.05, 3.63) is 22.5 Å². The maximum absolute atomic E-state index is 12.6. The SMILES string of the molecule is FC(F)c1c(Cl)ncc(CCl)c1OC(F)(F)F. The number of pyridine rings is 1. The Morgan fingerprint density at radius 3 is 2.35 bits per heavy atom. The minimum Gasteiger partial charge on any atom is -0.405 e. The van der Waals surface area contributed by atoms with E-state index in [1.807, 2.05) is 0 Å². The average Bonchev–Trinajstić information content (AvgIpc) is 2.15. The summed E-state index contributed by atoms with van der Waals surface area (Å²) in [5.74, 6) is -1.56. The van der Waals surface area contributed by atoms with E-state index >= 15 is 0 Å². The first kappa shape index (κ1) is 14.2. The lowest BCUT2D eigenvalue weighted by molar-refractivity contribution is -0.275. The van der Waals surface area contributed by atoms with E-state index in [4.69, 9.17) is 23.2 Å². The van der Waals surface area contributed by atoms with E-state index in [9.17, 15) is 22.0 Å². The van der Waals surface area contributed by atoms with Crippen molar-refractivity contribution in [2.24, 2.45) is 0 Å². The van der Waals surface area contributed by atoms with Crippen LogP contribution in [-0.2, 0) is 5.88 Å². The minimum atomic E-state index is -5.12. The molecule has 1 heterocycles. The Hall–Kier alpha value is -0.820. The highest BCUT2D eigenvalue weighted by Crippen LogP contribution is 2.39. The zero-order valence-corrected chi connectivity index (χ0v) is 9.37. The second-order valence-electron chi connectivity index (χ2n) is 2.80. The molecule has 0 aliphatic rings. The van der Waals surface area contributed by atoms with E-state index in [1.54, 1.807) is 0 Å². The van der Waals surface area contributed by atoms with E-state index in [2.05, 4.69) is 9.72 Å². The molecule has 1 aromatic rings. The Kier molecular flexibility index (Phi) is 4.37. The number of hydrogen-bond acceptors (Lipinski definition) is 2. The predicted octanol–water partition coefficient (Wildman–Crippen LogP) is 4.31. The molecule has 0 N–H and O–H groups in total. The van der Waals surface area contributed by atoms with Crippen LogP contribution in [0.5, 0.6) is 5.75 Å². The monoisotopic (exact) mass is 295 g/mol. The van der Waals surface area contributed by atoms with E-state index in [-0.39, 0.29) is 5.56 Å². The molecule has 0 radical (unpaired) electrons. The molecular weight excluding hydrogens is 292 g/mol. The molecule has 1 rings (SSSR count). The van der Waals surface area contributed by atoms with Crippen LogP contribution in [0.15, 0.2) is 6.20 Å². The third kappa shape index (κ3) is 3.57. The molecule has 0 aliphatic carbocycles. The van der Waals surface area contributed by atoms with Crippen LogP contribution in [0.1, 0.15) is 17.6 Å². The van der Waals surface area contributed by atoms with Crippen molar-refractivity contribution in [3.63, 3.8) is 0 Å². The second-order valence-corrected chi connectivity index (χ2v) is 3.42. The van der Waals surface area contributed by atoms with Crippen molar-refractivity contribution < 1.29 is 26.7 Å². The maximum Gasteiger partial charge on any atom is 0.573 e. The first-order chi connectivity index (χ1) is 7.76. The lowest BCUT2D eigenvalue weighted by Crippen LogP contribution is -2.19. The average molecular weight is 296 g/mol. The summed E-state index contributed by atoms with van der Waals surface area (Å²) in [7, 11) is 0. The van der Waals surface area contributed by atoms with Crippen molar-refractivity contribution in [1.29, 1.82) is 0 Å². The fourth-order valence-electron chi connectivity index (χ4n) is 1.05. The fraction of sp³-hybridized carbons (Fsp3) is 0.375. The molecule has 17 heavy (non-hydrogen) atoms. The van der Waals surface area contributed by atoms with Crippen LogP contribution in [0, 0.1) is 0 Å². The van der Waals surface area contributed by atoms with Gasteiger partial charge in [0.05, 0.1) is 11.4 Å². The summed E-state index contributed by atoms with van der Waals surface area (Å²) >= 11 is 10.6. The second kappa shape index (κ2) is 5.22. The van der Waals surface area contributed by atoms with Gasteiger partial charge in [0, 0.05) is 11.8 Å². The van der Waals surface area contributed by atoms with Gasteiger partial charge in [0.1, 0.15) is 10.9 Å². The standard InChI is InChI=1S/C8H4Cl2F5NO/c9-1-3-2-16-6(10)4(7(11)12)5(3)17-8(13,14)15/h2,7H,1H2. The molecule has 0 aliphatic heterocycles. The first-order valence-electron chi connectivity index (χ1n) is 4.03. The van der Waals surface area contributed by atoms with Gasteiger partial charge in [-0.3, -0.25) is 0 Å². The van der Waals surface area contributed by atoms with Gasteiger partial charge in [-0.1, -0.05) is 11.6 Å². The van der Waals surface area contributed by atoms with Crippen LogP contribution in [0.25, 0.3) is 0 Å². The van der Waals surface area contributed by atoms with E-state index in [0.717, 1.165) is 6.20 Å². The number of hydrogen-bond donors (Lipinski definition) is 0. The van der Waals surface area contributed by atoms with Gasteiger partial charge in [-0.15, -0.1) is 24.8 Å². The number of alkyl halides is 6. The molecule has 9 heteroatoms. The summed E-state index contributed by atoms with van der Waals surface area (Å²) in [4.78, 5) is 3.32. The minimum absolute atomic E-state index is 0.316. The highest BCUT2D eigenvalue weighted by Gasteiger charge is 2.35. The number of ether oxygens (including phenoxy) is 1. The smallest absolute Gasteiger partial charge is 0.405 e. The number of halogens is 7. The Labute approximate surface area is 102 Å². The molecule has 2 nitrogen and oxygen atoms in total.